The zero-order valence-electron chi connectivity index (χ0n) is 9.79. The first-order valence-corrected chi connectivity index (χ1v) is 7.79. The molecule has 0 saturated heterocycles. The number of halogens is 3. The molecule has 2 nitrogen and oxygen atoms in total. The van der Waals surface area contributed by atoms with Crippen LogP contribution in [0.25, 0.3) is 0 Å². The molecule has 0 bridgehead atoms. The highest BCUT2D eigenvalue weighted by atomic mass is 127. The van der Waals surface area contributed by atoms with Gasteiger partial charge in [0.05, 0.1) is 12.1 Å². The van der Waals surface area contributed by atoms with E-state index in [-0.39, 0.29) is 5.91 Å². The van der Waals surface area contributed by atoms with Gasteiger partial charge in [0.25, 0.3) is 0 Å². The van der Waals surface area contributed by atoms with Gasteiger partial charge in [-0.05, 0) is 74.4 Å². The molecule has 0 aromatic heterocycles. The Kier molecular flexibility index (Phi) is 5.24. The second-order valence-corrected chi connectivity index (χ2v) is 6.52. The number of nitrogens with one attached hydrogen (secondary N) is 1. The fraction of sp³-hybridized carbons (Fsp3) is 0.0714. The lowest BCUT2D eigenvalue weighted by Crippen LogP contribution is -2.14. The Bertz CT molecular complexity index is 618. The number of carbonyl (C=O) groups is 1. The molecule has 1 amide bonds. The van der Waals surface area contributed by atoms with Crippen molar-refractivity contribution in [1.82, 2.24) is 0 Å². The van der Waals surface area contributed by atoms with Crippen LogP contribution in [0, 0.1) is 3.57 Å². The highest BCUT2D eigenvalue weighted by molar-refractivity contribution is 14.1. The highest BCUT2D eigenvalue weighted by Crippen LogP contribution is 2.24. The van der Waals surface area contributed by atoms with Crippen molar-refractivity contribution in [2.75, 3.05) is 5.32 Å². The molecular weight excluding hydrogens is 440 g/mol. The minimum absolute atomic E-state index is 0.0648. The monoisotopic (exact) mass is 449 g/mol. The van der Waals surface area contributed by atoms with Crippen molar-refractivity contribution in [3.05, 3.63) is 61.1 Å². The molecule has 0 aliphatic rings. The summed E-state index contributed by atoms with van der Waals surface area (Å²) in [4.78, 5) is 12.0. The zero-order chi connectivity index (χ0) is 13.8. The van der Waals surface area contributed by atoms with E-state index in [0.717, 1.165) is 19.3 Å². The molecule has 0 saturated carbocycles. The molecule has 0 radical (unpaired) electrons. The van der Waals surface area contributed by atoms with Crippen LogP contribution in [0.5, 0.6) is 0 Å². The SMILES string of the molecule is O=C(Cc1cccc(Cl)c1)Nc1cc(I)ccc1Br. The minimum atomic E-state index is -0.0648. The average molecular weight is 451 g/mol. The number of amides is 1. The minimum Gasteiger partial charge on any atom is -0.325 e. The summed E-state index contributed by atoms with van der Waals surface area (Å²) in [5.41, 5.74) is 1.67. The van der Waals surface area contributed by atoms with E-state index in [0.29, 0.717) is 11.4 Å². The fourth-order valence-corrected chi connectivity index (χ4v) is 2.67. The van der Waals surface area contributed by atoms with Crippen LogP contribution >= 0.6 is 50.1 Å². The summed E-state index contributed by atoms with van der Waals surface area (Å²) in [6.45, 7) is 0. The van der Waals surface area contributed by atoms with Crippen molar-refractivity contribution in [1.29, 1.82) is 0 Å². The Labute approximate surface area is 138 Å². The molecule has 19 heavy (non-hydrogen) atoms. The Morgan fingerprint density at radius 1 is 1.26 bits per heavy atom. The summed E-state index contributed by atoms with van der Waals surface area (Å²) in [6, 6.07) is 13.1. The first-order chi connectivity index (χ1) is 9.04. The molecule has 2 rings (SSSR count). The van der Waals surface area contributed by atoms with Gasteiger partial charge < -0.3 is 5.32 Å². The van der Waals surface area contributed by atoms with E-state index in [9.17, 15) is 4.79 Å². The first-order valence-electron chi connectivity index (χ1n) is 5.54. The zero-order valence-corrected chi connectivity index (χ0v) is 14.3. The number of hydrogen-bond donors (Lipinski definition) is 1. The van der Waals surface area contributed by atoms with Gasteiger partial charge in [-0.2, -0.15) is 0 Å². The van der Waals surface area contributed by atoms with E-state index in [2.05, 4.69) is 43.8 Å². The number of rotatable bonds is 3. The van der Waals surface area contributed by atoms with Crippen molar-refractivity contribution in [3.63, 3.8) is 0 Å². The van der Waals surface area contributed by atoms with Gasteiger partial charge in [-0.25, -0.2) is 0 Å². The van der Waals surface area contributed by atoms with Crippen LogP contribution in [0.2, 0.25) is 5.02 Å². The lowest BCUT2D eigenvalue weighted by atomic mass is 10.1. The second kappa shape index (κ2) is 6.72. The number of anilines is 1. The van der Waals surface area contributed by atoms with Crippen LogP contribution < -0.4 is 5.32 Å². The van der Waals surface area contributed by atoms with Crippen molar-refractivity contribution < 1.29 is 4.79 Å². The molecular formula is C14H10BrClINO. The Balaban J connectivity index is 2.07. The van der Waals surface area contributed by atoms with Gasteiger partial charge in [0, 0.05) is 13.1 Å². The maximum Gasteiger partial charge on any atom is 0.228 e. The van der Waals surface area contributed by atoms with Gasteiger partial charge in [-0.1, -0.05) is 23.7 Å². The summed E-state index contributed by atoms with van der Waals surface area (Å²) in [5, 5.41) is 3.52. The molecule has 0 fully saturated rings. The van der Waals surface area contributed by atoms with Crippen LogP contribution in [-0.2, 0) is 11.2 Å². The second-order valence-electron chi connectivity index (χ2n) is 3.98. The summed E-state index contributed by atoms with van der Waals surface area (Å²) >= 11 is 11.5. The summed E-state index contributed by atoms with van der Waals surface area (Å²) in [7, 11) is 0. The standard InChI is InChI=1S/C14H10BrClINO/c15-12-5-4-11(17)8-13(12)18-14(19)7-9-2-1-3-10(16)6-9/h1-6,8H,7H2,(H,18,19). The lowest BCUT2D eigenvalue weighted by molar-refractivity contribution is -0.115. The van der Waals surface area contributed by atoms with Gasteiger partial charge in [-0.15, -0.1) is 0 Å². The summed E-state index contributed by atoms with van der Waals surface area (Å²) < 4.78 is 1.94. The van der Waals surface area contributed by atoms with Crippen LogP contribution in [-0.4, -0.2) is 5.91 Å². The van der Waals surface area contributed by atoms with Crippen molar-refractivity contribution in [3.8, 4) is 0 Å². The van der Waals surface area contributed by atoms with Crippen LogP contribution in [0.1, 0.15) is 5.56 Å². The number of carbonyl (C=O) groups excluding carboxylic acids is 1. The molecule has 98 valence electrons. The molecule has 0 heterocycles. The molecule has 0 aliphatic carbocycles. The first kappa shape index (κ1) is 14.8. The van der Waals surface area contributed by atoms with Gasteiger partial charge in [0.1, 0.15) is 0 Å². The van der Waals surface area contributed by atoms with E-state index in [1.54, 1.807) is 12.1 Å². The van der Waals surface area contributed by atoms with E-state index in [1.165, 1.54) is 0 Å². The van der Waals surface area contributed by atoms with Crippen LogP contribution in [0.4, 0.5) is 5.69 Å². The Morgan fingerprint density at radius 2 is 2.05 bits per heavy atom. The Hall–Kier alpha value is -0.590. The van der Waals surface area contributed by atoms with E-state index in [4.69, 9.17) is 11.6 Å². The maximum atomic E-state index is 12.0. The van der Waals surface area contributed by atoms with Gasteiger partial charge in [0.2, 0.25) is 5.91 Å². The third-order valence-corrected chi connectivity index (χ3v) is 4.05. The normalized spacial score (nSPS) is 10.3. The predicted molar refractivity (Wildman–Crippen MR) is 90.6 cm³/mol. The smallest absolute Gasteiger partial charge is 0.228 e. The molecule has 0 atom stereocenters. The van der Waals surface area contributed by atoms with E-state index >= 15 is 0 Å². The topological polar surface area (TPSA) is 29.1 Å². The van der Waals surface area contributed by atoms with Gasteiger partial charge in [-0.3, -0.25) is 4.79 Å². The number of benzene rings is 2. The number of hydrogen-bond acceptors (Lipinski definition) is 1. The molecule has 2 aromatic rings. The van der Waals surface area contributed by atoms with Crippen molar-refractivity contribution >= 4 is 61.7 Å². The van der Waals surface area contributed by atoms with Gasteiger partial charge >= 0.3 is 0 Å². The molecule has 2 aromatic carbocycles. The van der Waals surface area contributed by atoms with Gasteiger partial charge in [0.15, 0.2) is 0 Å². The predicted octanol–water partition coefficient (Wildman–Crippen LogP) is 4.89. The van der Waals surface area contributed by atoms with Crippen molar-refractivity contribution in [2.24, 2.45) is 0 Å². The van der Waals surface area contributed by atoms with Crippen molar-refractivity contribution in [2.45, 2.75) is 6.42 Å². The molecule has 1 N–H and O–H groups in total. The summed E-state index contributed by atoms with van der Waals surface area (Å²) in [6.07, 6.45) is 0.304. The Morgan fingerprint density at radius 3 is 2.79 bits per heavy atom. The molecule has 0 unspecified atom stereocenters. The third kappa shape index (κ3) is 4.47. The van der Waals surface area contributed by atoms with Crippen LogP contribution in [0.15, 0.2) is 46.9 Å². The summed E-state index contributed by atoms with van der Waals surface area (Å²) in [5.74, 6) is -0.0648. The molecule has 5 heteroatoms. The lowest BCUT2D eigenvalue weighted by Gasteiger charge is -2.08. The molecule has 0 aliphatic heterocycles. The van der Waals surface area contributed by atoms with Crippen LogP contribution in [0.3, 0.4) is 0 Å². The van der Waals surface area contributed by atoms with E-state index < -0.39 is 0 Å². The largest absolute Gasteiger partial charge is 0.325 e. The van der Waals surface area contributed by atoms with E-state index in [1.807, 2.05) is 30.3 Å². The fourth-order valence-electron chi connectivity index (χ4n) is 1.62. The molecule has 0 spiro atoms. The quantitative estimate of drug-likeness (QED) is 0.663. The maximum absolute atomic E-state index is 12.0. The average Bonchev–Trinajstić information content (AvgIpc) is 2.34. The third-order valence-electron chi connectivity index (χ3n) is 2.46. The highest BCUT2D eigenvalue weighted by Gasteiger charge is 2.07.